The number of aromatic nitrogens is 1. The number of nitrogens with zero attached hydrogens (tertiary/aromatic N) is 2. The van der Waals surface area contributed by atoms with E-state index in [0.717, 1.165) is 48.8 Å². The van der Waals surface area contributed by atoms with Crippen LogP contribution in [0.5, 0.6) is 0 Å². The summed E-state index contributed by atoms with van der Waals surface area (Å²) in [7, 11) is 0. The van der Waals surface area contributed by atoms with E-state index in [1.807, 2.05) is 30.3 Å². The lowest BCUT2D eigenvalue weighted by molar-refractivity contribution is -0.143. The van der Waals surface area contributed by atoms with Gasteiger partial charge in [0.1, 0.15) is 0 Å². The van der Waals surface area contributed by atoms with E-state index in [9.17, 15) is 26.3 Å². The number of benzene rings is 2. The quantitative estimate of drug-likeness (QED) is 0.249. The molecule has 3 fully saturated rings. The molecular formula is C28H28F6N4S. The molecule has 3 aliphatic heterocycles. The van der Waals surface area contributed by atoms with Crippen LogP contribution in [0.4, 0.5) is 32.0 Å². The second-order valence-corrected chi connectivity index (χ2v) is 10.7. The van der Waals surface area contributed by atoms with Gasteiger partial charge in [0.2, 0.25) is 0 Å². The van der Waals surface area contributed by atoms with Crippen LogP contribution in [-0.4, -0.2) is 34.1 Å². The number of hydrogen-bond acceptors (Lipinski definition) is 3. The van der Waals surface area contributed by atoms with E-state index >= 15 is 0 Å². The number of rotatable bonds is 5. The maximum atomic E-state index is 13.4. The van der Waals surface area contributed by atoms with Crippen LogP contribution in [0.3, 0.4) is 0 Å². The first kappa shape index (κ1) is 27.6. The normalized spacial score (nSPS) is 24.0. The predicted octanol–water partition coefficient (Wildman–Crippen LogP) is 7.42. The molecule has 2 bridgehead atoms. The molecule has 3 aromatic rings. The highest BCUT2D eigenvalue weighted by atomic mass is 32.1. The van der Waals surface area contributed by atoms with Crippen LogP contribution in [0.25, 0.3) is 10.9 Å². The maximum absolute atomic E-state index is 13.4. The average Bonchev–Trinajstić information content (AvgIpc) is 2.90. The molecule has 3 aliphatic rings. The molecule has 0 spiro atoms. The molecule has 11 heteroatoms. The van der Waals surface area contributed by atoms with Crippen molar-refractivity contribution in [2.75, 3.05) is 18.4 Å². The highest BCUT2D eigenvalue weighted by Gasteiger charge is 2.43. The summed E-state index contributed by atoms with van der Waals surface area (Å²) in [6.07, 6.45) is -5.09. The number of hydrogen-bond donors (Lipinski definition) is 2. The average molecular weight is 567 g/mol. The highest BCUT2D eigenvalue weighted by molar-refractivity contribution is 7.80. The second-order valence-electron chi connectivity index (χ2n) is 10.3. The molecule has 208 valence electrons. The van der Waals surface area contributed by atoms with E-state index < -0.39 is 23.5 Å². The molecule has 1 aromatic heterocycles. The standard InChI is InChI=1S/C28H28F6N4S/c1-2-16-15-38-10-8-17(16)11-24(38)25(22-7-9-35-23-6-4-3-5-21(22)23)37-26(39)36-20-13-18(27(29,30)31)12-19(14-20)28(32,33)34/h3-7,9,12-14,16-17,24-25H,2,8,10-11,15H2,1H3,(H2,36,37,39)/t16-,17?,24?,25-/m0/s1. The first-order valence-corrected chi connectivity index (χ1v) is 13.3. The Kier molecular flexibility index (Phi) is 7.49. The van der Waals surface area contributed by atoms with Gasteiger partial charge in [-0.2, -0.15) is 26.3 Å². The molecule has 2 aromatic carbocycles. The van der Waals surface area contributed by atoms with E-state index in [0.29, 0.717) is 24.0 Å². The minimum absolute atomic E-state index is 0.0457. The summed E-state index contributed by atoms with van der Waals surface area (Å²) in [4.78, 5) is 6.88. The first-order chi connectivity index (χ1) is 18.4. The minimum atomic E-state index is -4.95. The summed E-state index contributed by atoms with van der Waals surface area (Å²) in [5.74, 6) is 1.14. The van der Waals surface area contributed by atoms with Crippen molar-refractivity contribution in [3.05, 3.63) is 71.4 Å². The topological polar surface area (TPSA) is 40.2 Å². The van der Waals surface area contributed by atoms with Crippen molar-refractivity contribution in [1.82, 2.24) is 15.2 Å². The van der Waals surface area contributed by atoms with Crippen LogP contribution < -0.4 is 10.6 Å². The Morgan fingerprint density at radius 3 is 2.36 bits per heavy atom. The lowest BCUT2D eigenvalue weighted by Crippen LogP contribution is -2.58. The van der Waals surface area contributed by atoms with Crippen LogP contribution in [0, 0.1) is 11.8 Å². The number of piperidine rings is 3. The highest BCUT2D eigenvalue weighted by Crippen LogP contribution is 2.43. The molecule has 39 heavy (non-hydrogen) atoms. The van der Waals surface area contributed by atoms with Crippen molar-refractivity contribution in [1.29, 1.82) is 0 Å². The number of alkyl halides is 6. The lowest BCUT2D eigenvalue weighted by atomic mass is 9.72. The van der Waals surface area contributed by atoms with Gasteiger partial charge in [-0.05, 0) is 79.3 Å². The van der Waals surface area contributed by atoms with Gasteiger partial charge in [-0.1, -0.05) is 31.5 Å². The van der Waals surface area contributed by atoms with Crippen molar-refractivity contribution in [2.24, 2.45) is 11.8 Å². The zero-order valence-corrected chi connectivity index (χ0v) is 21.9. The molecule has 6 rings (SSSR count). The summed E-state index contributed by atoms with van der Waals surface area (Å²) >= 11 is 5.49. The molecule has 0 saturated carbocycles. The number of para-hydroxylation sites is 1. The molecule has 5 atom stereocenters. The fourth-order valence-electron chi connectivity index (χ4n) is 6.09. The van der Waals surface area contributed by atoms with E-state index in [1.165, 1.54) is 0 Å². The summed E-state index contributed by atoms with van der Waals surface area (Å²) in [5.41, 5.74) is -1.48. The van der Waals surface area contributed by atoms with Gasteiger partial charge in [0.25, 0.3) is 0 Å². The first-order valence-electron chi connectivity index (χ1n) is 12.9. The third-order valence-corrected chi connectivity index (χ3v) is 8.22. The van der Waals surface area contributed by atoms with Gasteiger partial charge in [0.15, 0.2) is 5.11 Å². The van der Waals surface area contributed by atoms with Gasteiger partial charge in [0.05, 0.1) is 22.7 Å². The monoisotopic (exact) mass is 566 g/mol. The van der Waals surface area contributed by atoms with E-state index in [-0.39, 0.29) is 28.9 Å². The molecular weight excluding hydrogens is 538 g/mol. The van der Waals surface area contributed by atoms with Crippen LogP contribution in [0.15, 0.2) is 54.7 Å². The number of halogens is 6. The summed E-state index contributed by atoms with van der Waals surface area (Å²) in [6.45, 7) is 4.06. The summed E-state index contributed by atoms with van der Waals surface area (Å²) < 4.78 is 80.3. The van der Waals surface area contributed by atoms with E-state index in [2.05, 4.69) is 27.4 Å². The Labute approximate surface area is 227 Å². The van der Waals surface area contributed by atoms with Crippen LogP contribution in [0.2, 0.25) is 0 Å². The lowest BCUT2D eigenvalue weighted by Gasteiger charge is -2.52. The van der Waals surface area contributed by atoms with Crippen LogP contribution in [0.1, 0.15) is 48.9 Å². The van der Waals surface area contributed by atoms with Gasteiger partial charge >= 0.3 is 12.4 Å². The molecule has 3 saturated heterocycles. The number of anilines is 1. The van der Waals surface area contributed by atoms with Gasteiger partial charge in [0, 0.05) is 29.9 Å². The Morgan fingerprint density at radius 1 is 1.05 bits per heavy atom. The van der Waals surface area contributed by atoms with Gasteiger partial charge in [-0.3, -0.25) is 9.88 Å². The Hall–Kier alpha value is -2.92. The third kappa shape index (κ3) is 5.84. The summed E-state index contributed by atoms with van der Waals surface area (Å²) in [6, 6.07) is 10.6. The van der Waals surface area contributed by atoms with Crippen LogP contribution in [-0.2, 0) is 12.4 Å². The zero-order valence-electron chi connectivity index (χ0n) is 21.1. The summed E-state index contributed by atoms with van der Waals surface area (Å²) in [5, 5.41) is 6.73. The van der Waals surface area contributed by atoms with Crippen LogP contribution >= 0.6 is 12.2 Å². The SMILES string of the molecule is CC[C@H]1CN2CCC1CC2[C@@H](NC(=S)Nc1cc(C(F)(F)F)cc(C(F)(F)F)c1)c1ccnc2ccccc12. The van der Waals surface area contributed by atoms with Gasteiger partial charge in [-0.15, -0.1) is 0 Å². The van der Waals surface area contributed by atoms with E-state index in [1.54, 1.807) is 6.20 Å². The van der Waals surface area contributed by atoms with Crippen molar-refractivity contribution in [3.8, 4) is 0 Å². The smallest absolute Gasteiger partial charge is 0.354 e. The van der Waals surface area contributed by atoms with Crippen molar-refractivity contribution in [2.45, 2.75) is 50.6 Å². The molecule has 0 amide bonds. The Balaban J connectivity index is 1.48. The Morgan fingerprint density at radius 2 is 1.74 bits per heavy atom. The second kappa shape index (κ2) is 10.6. The molecule has 0 radical (unpaired) electrons. The molecule has 3 unspecified atom stereocenters. The fourth-order valence-corrected chi connectivity index (χ4v) is 6.34. The number of nitrogens with one attached hydrogen (secondary N) is 2. The zero-order chi connectivity index (χ0) is 27.9. The number of fused-ring (bicyclic) bond motifs is 4. The fraction of sp³-hybridized carbons (Fsp3) is 0.429. The number of thiocarbonyl (C=S) groups is 1. The largest absolute Gasteiger partial charge is 0.416 e. The maximum Gasteiger partial charge on any atom is 0.416 e. The van der Waals surface area contributed by atoms with Crippen molar-refractivity contribution >= 4 is 33.9 Å². The van der Waals surface area contributed by atoms with Gasteiger partial charge < -0.3 is 10.6 Å². The minimum Gasteiger partial charge on any atom is -0.354 e. The predicted molar refractivity (Wildman–Crippen MR) is 142 cm³/mol. The molecule has 4 nitrogen and oxygen atoms in total. The van der Waals surface area contributed by atoms with E-state index in [4.69, 9.17) is 12.2 Å². The number of pyridine rings is 1. The molecule has 0 aliphatic carbocycles. The Bertz CT molecular complexity index is 1320. The molecule has 4 heterocycles. The van der Waals surface area contributed by atoms with Crippen molar-refractivity contribution < 1.29 is 26.3 Å². The van der Waals surface area contributed by atoms with Crippen molar-refractivity contribution in [3.63, 3.8) is 0 Å². The van der Waals surface area contributed by atoms with Gasteiger partial charge in [-0.25, -0.2) is 0 Å². The third-order valence-electron chi connectivity index (χ3n) is 8.00. The molecule has 2 N–H and O–H groups in total.